The molecule has 140 valence electrons. The highest BCUT2D eigenvalue weighted by molar-refractivity contribution is 7.14. The van der Waals surface area contributed by atoms with Crippen molar-refractivity contribution >= 4 is 22.4 Å². The second kappa shape index (κ2) is 8.68. The molecule has 2 aromatic carbocycles. The fourth-order valence-corrected chi connectivity index (χ4v) is 3.15. The van der Waals surface area contributed by atoms with Crippen molar-refractivity contribution in [2.75, 3.05) is 5.32 Å². The number of aryl methyl sites for hydroxylation is 1. The number of hydrogen-bond donors (Lipinski definition) is 1. The lowest BCUT2D eigenvalue weighted by atomic mass is 10.1. The number of nitrogens with zero attached hydrogens (tertiary/aromatic N) is 1. The van der Waals surface area contributed by atoms with Gasteiger partial charge in [0.15, 0.2) is 5.13 Å². The van der Waals surface area contributed by atoms with Crippen molar-refractivity contribution in [1.82, 2.24) is 4.98 Å². The van der Waals surface area contributed by atoms with Crippen LogP contribution in [0.25, 0.3) is 11.3 Å². The molecule has 4 nitrogen and oxygen atoms in total. The summed E-state index contributed by atoms with van der Waals surface area (Å²) in [4.78, 5) is 16.3. The molecule has 0 saturated carbocycles. The summed E-state index contributed by atoms with van der Waals surface area (Å²) in [6.07, 6.45) is 0.682. The van der Waals surface area contributed by atoms with E-state index in [1.165, 1.54) is 29.5 Å². The van der Waals surface area contributed by atoms with Crippen LogP contribution in [0.15, 0.2) is 53.9 Å². The standard InChI is InChI=1S/C19H15F3N2O2S/c20-13-8-5-12(6-9-13)7-10-17(25)24-19-23-15(11-27-19)14-3-1-2-4-16(14)26-18(21)22/h1-6,8-9,11,18H,7,10H2,(H,23,24,25). The number of hydrogen-bond acceptors (Lipinski definition) is 4. The minimum atomic E-state index is -2.93. The Hall–Kier alpha value is -2.87. The topological polar surface area (TPSA) is 51.2 Å². The van der Waals surface area contributed by atoms with Crippen molar-refractivity contribution in [1.29, 1.82) is 0 Å². The minimum Gasteiger partial charge on any atom is -0.434 e. The van der Waals surface area contributed by atoms with Gasteiger partial charge in [-0.15, -0.1) is 11.3 Å². The average molecular weight is 392 g/mol. The monoisotopic (exact) mass is 392 g/mol. The third-order valence-corrected chi connectivity index (χ3v) is 4.44. The van der Waals surface area contributed by atoms with Gasteiger partial charge in [0, 0.05) is 17.4 Å². The molecule has 0 radical (unpaired) electrons. The van der Waals surface area contributed by atoms with Crippen molar-refractivity contribution in [3.63, 3.8) is 0 Å². The number of rotatable bonds is 7. The molecule has 3 rings (SSSR count). The maximum Gasteiger partial charge on any atom is 0.387 e. The third-order valence-electron chi connectivity index (χ3n) is 3.68. The number of anilines is 1. The van der Waals surface area contributed by atoms with Gasteiger partial charge in [0.25, 0.3) is 0 Å². The molecule has 0 aliphatic carbocycles. The number of halogens is 3. The highest BCUT2D eigenvalue weighted by Crippen LogP contribution is 2.33. The van der Waals surface area contributed by atoms with Gasteiger partial charge in [-0.25, -0.2) is 9.37 Å². The van der Waals surface area contributed by atoms with E-state index in [0.29, 0.717) is 22.8 Å². The summed E-state index contributed by atoms with van der Waals surface area (Å²) in [5, 5.41) is 4.70. The van der Waals surface area contributed by atoms with Gasteiger partial charge in [-0.2, -0.15) is 8.78 Å². The molecule has 0 aliphatic rings. The van der Waals surface area contributed by atoms with Gasteiger partial charge >= 0.3 is 6.61 Å². The Morgan fingerprint density at radius 2 is 1.89 bits per heavy atom. The molecule has 0 aliphatic heterocycles. The van der Waals surface area contributed by atoms with Gasteiger partial charge in [-0.05, 0) is 36.2 Å². The molecule has 1 N–H and O–H groups in total. The van der Waals surface area contributed by atoms with Gasteiger partial charge in [-0.3, -0.25) is 4.79 Å². The predicted molar refractivity (Wildman–Crippen MR) is 97.5 cm³/mol. The molecule has 0 spiro atoms. The number of carbonyl (C=O) groups excluding carboxylic acids is 1. The van der Waals surface area contributed by atoms with Crippen molar-refractivity contribution in [2.45, 2.75) is 19.5 Å². The van der Waals surface area contributed by atoms with E-state index in [4.69, 9.17) is 0 Å². The largest absolute Gasteiger partial charge is 0.434 e. The van der Waals surface area contributed by atoms with Crippen LogP contribution < -0.4 is 10.1 Å². The maximum atomic E-state index is 12.9. The summed E-state index contributed by atoms with van der Waals surface area (Å²) in [6.45, 7) is -2.93. The minimum absolute atomic E-state index is 0.0204. The van der Waals surface area contributed by atoms with Crippen molar-refractivity contribution in [3.8, 4) is 17.0 Å². The fraction of sp³-hybridized carbons (Fsp3) is 0.158. The van der Waals surface area contributed by atoms with Gasteiger partial charge in [-0.1, -0.05) is 24.3 Å². The van der Waals surface area contributed by atoms with E-state index in [1.54, 1.807) is 35.7 Å². The Morgan fingerprint density at radius 1 is 1.15 bits per heavy atom. The normalized spacial score (nSPS) is 10.8. The second-order valence-corrected chi connectivity index (χ2v) is 6.45. The fourth-order valence-electron chi connectivity index (χ4n) is 2.42. The Balaban J connectivity index is 1.62. The summed E-state index contributed by atoms with van der Waals surface area (Å²) < 4.78 is 42.4. The van der Waals surface area contributed by atoms with E-state index in [-0.39, 0.29) is 23.9 Å². The van der Waals surface area contributed by atoms with Crippen LogP contribution in [-0.2, 0) is 11.2 Å². The lowest BCUT2D eigenvalue weighted by Gasteiger charge is -2.08. The zero-order valence-corrected chi connectivity index (χ0v) is 14.8. The second-order valence-electron chi connectivity index (χ2n) is 5.59. The van der Waals surface area contributed by atoms with E-state index >= 15 is 0 Å². The lowest BCUT2D eigenvalue weighted by Crippen LogP contribution is -2.12. The quantitative estimate of drug-likeness (QED) is 0.607. The summed E-state index contributed by atoms with van der Waals surface area (Å²) in [7, 11) is 0. The SMILES string of the molecule is O=C(CCc1ccc(F)cc1)Nc1nc(-c2ccccc2OC(F)F)cs1. The van der Waals surface area contributed by atoms with Crippen LogP contribution in [0.1, 0.15) is 12.0 Å². The highest BCUT2D eigenvalue weighted by Gasteiger charge is 2.14. The molecular formula is C19H15F3N2O2S. The first kappa shape index (κ1) is 18.9. The molecule has 8 heteroatoms. The van der Waals surface area contributed by atoms with Gasteiger partial charge in [0.2, 0.25) is 5.91 Å². The number of amides is 1. The smallest absolute Gasteiger partial charge is 0.387 e. The molecule has 3 aromatic rings. The van der Waals surface area contributed by atoms with Crippen molar-refractivity contribution in [2.24, 2.45) is 0 Å². The van der Waals surface area contributed by atoms with Gasteiger partial charge in [0.1, 0.15) is 11.6 Å². The Kier molecular flexibility index (Phi) is 6.08. The zero-order chi connectivity index (χ0) is 19.2. The first-order valence-corrected chi connectivity index (χ1v) is 8.93. The predicted octanol–water partition coefficient (Wildman–Crippen LogP) is 5.12. The summed E-state index contributed by atoms with van der Waals surface area (Å²) in [5.41, 5.74) is 1.70. The van der Waals surface area contributed by atoms with E-state index < -0.39 is 6.61 Å². The molecular weight excluding hydrogens is 377 g/mol. The molecule has 1 aromatic heterocycles. The summed E-state index contributed by atoms with van der Waals surface area (Å²) >= 11 is 1.19. The molecule has 0 atom stereocenters. The number of nitrogens with one attached hydrogen (secondary N) is 1. The molecule has 0 fully saturated rings. The Labute approximate surface area is 157 Å². The van der Waals surface area contributed by atoms with Crippen LogP contribution in [0.5, 0.6) is 5.75 Å². The number of aromatic nitrogens is 1. The first-order chi connectivity index (χ1) is 13.0. The maximum absolute atomic E-state index is 12.9. The number of benzene rings is 2. The van der Waals surface area contributed by atoms with Crippen LogP contribution in [0.2, 0.25) is 0 Å². The Bertz CT molecular complexity index is 913. The number of ether oxygens (including phenoxy) is 1. The number of thiazole rings is 1. The average Bonchev–Trinajstić information content (AvgIpc) is 3.09. The van der Waals surface area contributed by atoms with Crippen LogP contribution in [0, 0.1) is 5.82 Å². The van der Waals surface area contributed by atoms with Crippen LogP contribution in [0.4, 0.5) is 18.3 Å². The van der Waals surface area contributed by atoms with Crippen LogP contribution in [0.3, 0.4) is 0 Å². The highest BCUT2D eigenvalue weighted by atomic mass is 32.1. The number of para-hydroxylation sites is 1. The third kappa shape index (κ3) is 5.30. The first-order valence-electron chi connectivity index (χ1n) is 8.05. The molecule has 1 heterocycles. The molecule has 1 amide bonds. The molecule has 27 heavy (non-hydrogen) atoms. The molecule has 0 unspecified atom stereocenters. The lowest BCUT2D eigenvalue weighted by molar-refractivity contribution is -0.116. The number of carbonyl (C=O) groups is 1. The van der Waals surface area contributed by atoms with E-state index in [2.05, 4.69) is 15.0 Å². The Morgan fingerprint density at radius 3 is 2.63 bits per heavy atom. The van der Waals surface area contributed by atoms with Gasteiger partial charge < -0.3 is 10.1 Å². The van der Waals surface area contributed by atoms with Crippen molar-refractivity contribution in [3.05, 3.63) is 65.3 Å². The summed E-state index contributed by atoms with van der Waals surface area (Å²) in [5.74, 6) is -0.543. The summed E-state index contributed by atoms with van der Waals surface area (Å²) in [6, 6.07) is 12.3. The van der Waals surface area contributed by atoms with Crippen LogP contribution in [-0.4, -0.2) is 17.5 Å². The van der Waals surface area contributed by atoms with Gasteiger partial charge in [0.05, 0.1) is 5.69 Å². The van der Waals surface area contributed by atoms with E-state index in [0.717, 1.165) is 5.56 Å². The number of alkyl halides is 2. The van der Waals surface area contributed by atoms with Crippen LogP contribution >= 0.6 is 11.3 Å². The van der Waals surface area contributed by atoms with Crippen molar-refractivity contribution < 1.29 is 22.7 Å². The molecule has 0 bridgehead atoms. The zero-order valence-electron chi connectivity index (χ0n) is 14.0. The van der Waals surface area contributed by atoms with E-state index in [1.807, 2.05) is 0 Å². The van der Waals surface area contributed by atoms with E-state index in [9.17, 15) is 18.0 Å². The molecule has 0 saturated heterocycles.